The van der Waals surface area contributed by atoms with Crippen molar-refractivity contribution in [2.24, 2.45) is 0 Å². The zero-order chi connectivity index (χ0) is 13.3. The Labute approximate surface area is 105 Å². The maximum Gasteiger partial charge on any atom is 0.331 e. The first-order valence-corrected chi connectivity index (χ1v) is 5.81. The standard InChI is InChI=1S/C13H15NO4/c1-8(15)14(10-5-6-10)12(13(17)18)9-3-2-4-11(16)7-9/h2-4,7,10,12,16H,5-6H2,1H3,(H,17,18). The number of carboxylic acids is 1. The molecule has 2 rings (SSSR count). The molecular formula is C13H15NO4. The van der Waals surface area contributed by atoms with Gasteiger partial charge in [-0.05, 0) is 30.5 Å². The predicted molar refractivity (Wildman–Crippen MR) is 64.0 cm³/mol. The Morgan fingerprint density at radius 2 is 2.06 bits per heavy atom. The molecule has 96 valence electrons. The number of carbonyl (C=O) groups is 2. The van der Waals surface area contributed by atoms with Gasteiger partial charge in [-0.25, -0.2) is 4.79 Å². The van der Waals surface area contributed by atoms with Crippen LogP contribution in [0.25, 0.3) is 0 Å². The number of hydrogen-bond donors (Lipinski definition) is 2. The van der Waals surface area contributed by atoms with Crippen LogP contribution < -0.4 is 0 Å². The van der Waals surface area contributed by atoms with Crippen LogP contribution >= 0.6 is 0 Å². The number of carboxylic acid groups (broad SMARTS) is 1. The van der Waals surface area contributed by atoms with Crippen molar-refractivity contribution in [1.82, 2.24) is 4.90 Å². The molecule has 5 nitrogen and oxygen atoms in total. The van der Waals surface area contributed by atoms with Crippen molar-refractivity contribution in [3.63, 3.8) is 0 Å². The normalized spacial score (nSPS) is 16.1. The third-order valence-corrected chi connectivity index (χ3v) is 3.00. The van der Waals surface area contributed by atoms with Crippen molar-refractivity contribution in [1.29, 1.82) is 0 Å². The molecule has 1 amide bonds. The van der Waals surface area contributed by atoms with E-state index in [9.17, 15) is 19.8 Å². The third-order valence-electron chi connectivity index (χ3n) is 3.00. The Balaban J connectivity index is 2.38. The molecule has 1 aromatic carbocycles. The summed E-state index contributed by atoms with van der Waals surface area (Å²) in [6, 6.07) is 5.02. The Kier molecular flexibility index (Phi) is 3.23. The van der Waals surface area contributed by atoms with Crippen molar-refractivity contribution in [3.8, 4) is 5.75 Å². The van der Waals surface area contributed by atoms with E-state index in [4.69, 9.17) is 0 Å². The first-order valence-electron chi connectivity index (χ1n) is 5.81. The van der Waals surface area contributed by atoms with Crippen LogP contribution in [0.1, 0.15) is 31.4 Å². The highest BCUT2D eigenvalue weighted by Crippen LogP contribution is 2.35. The topological polar surface area (TPSA) is 77.8 Å². The van der Waals surface area contributed by atoms with Crippen LogP contribution in [0.3, 0.4) is 0 Å². The van der Waals surface area contributed by atoms with E-state index in [-0.39, 0.29) is 17.7 Å². The van der Waals surface area contributed by atoms with E-state index in [2.05, 4.69) is 0 Å². The van der Waals surface area contributed by atoms with E-state index in [1.807, 2.05) is 0 Å². The van der Waals surface area contributed by atoms with E-state index in [1.54, 1.807) is 12.1 Å². The zero-order valence-corrected chi connectivity index (χ0v) is 10.0. The first-order chi connectivity index (χ1) is 8.50. The summed E-state index contributed by atoms with van der Waals surface area (Å²) in [5, 5.41) is 18.8. The maximum atomic E-state index is 11.6. The number of carbonyl (C=O) groups excluding carboxylic acids is 1. The summed E-state index contributed by atoms with van der Waals surface area (Å²) in [6.45, 7) is 1.37. The Morgan fingerprint density at radius 1 is 1.39 bits per heavy atom. The number of rotatable bonds is 4. The molecule has 0 aliphatic heterocycles. The number of aliphatic carboxylic acids is 1. The van der Waals surface area contributed by atoms with Crippen molar-refractivity contribution in [2.45, 2.75) is 31.8 Å². The van der Waals surface area contributed by atoms with Gasteiger partial charge in [-0.2, -0.15) is 0 Å². The van der Waals surface area contributed by atoms with Crippen LogP contribution in [0.15, 0.2) is 24.3 Å². The van der Waals surface area contributed by atoms with Crippen LogP contribution in [-0.4, -0.2) is 33.0 Å². The molecule has 0 radical (unpaired) electrons. The van der Waals surface area contributed by atoms with Crippen molar-refractivity contribution < 1.29 is 19.8 Å². The highest BCUT2D eigenvalue weighted by molar-refractivity contribution is 5.84. The Bertz CT molecular complexity index is 482. The lowest BCUT2D eigenvalue weighted by molar-refractivity contribution is -0.150. The van der Waals surface area contributed by atoms with E-state index in [1.165, 1.54) is 24.0 Å². The molecule has 1 fully saturated rings. The average molecular weight is 249 g/mol. The molecule has 2 N–H and O–H groups in total. The molecule has 1 atom stereocenters. The minimum Gasteiger partial charge on any atom is -0.508 e. The fourth-order valence-electron chi connectivity index (χ4n) is 2.12. The molecule has 1 aliphatic rings. The van der Waals surface area contributed by atoms with E-state index in [0.717, 1.165) is 12.8 Å². The van der Waals surface area contributed by atoms with Gasteiger partial charge in [-0.3, -0.25) is 4.79 Å². The molecule has 1 unspecified atom stereocenters. The van der Waals surface area contributed by atoms with Gasteiger partial charge in [-0.1, -0.05) is 12.1 Å². The summed E-state index contributed by atoms with van der Waals surface area (Å²) >= 11 is 0. The number of hydrogen-bond acceptors (Lipinski definition) is 3. The second kappa shape index (κ2) is 4.68. The molecule has 18 heavy (non-hydrogen) atoms. The molecule has 0 aromatic heterocycles. The molecule has 5 heteroatoms. The van der Waals surface area contributed by atoms with Gasteiger partial charge in [0.15, 0.2) is 6.04 Å². The minimum atomic E-state index is -1.08. The van der Waals surface area contributed by atoms with Gasteiger partial charge in [-0.15, -0.1) is 0 Å². The first kappa shape index (κ1) is 12.4. The summed E-state index contributed by atoms with van der Waals surface area (Å²) in [5.74, 6) is -1.34. The monoisotopic (exact) mass is 249 g/mol. The highest BCUT2D eigenvalue weighted by atomic mass is 16.4. The van der Waals surface area contributed by atoms with E-state index < -0.39 is 12.0 Å². The molecular weight excluding hydrogens is 234 g/mol. The van der Waals surface area contributed by atoms with Crippen LogP contribution in [0.5, 0.6) is 5.75 Å². The average Bonchev–Trinajstić information content (AvgIpc) is 3.08. The number of phenols is 1. The molecule has 0 heterocycles. The number of benzene rings is 1. The number of amides is 1. The smallest absolute Gasteiger partial charge is 0.331 e. The molecule has 0 saturated heterocycles. The van der Waals surface area contributed by atoms with Crippen LogP contribution in [0, 0.1) is 0 Å². The lowest BCUT2D eigenvalue weighted by Crippen LogP contribution is -2.39. The predicted octanol–water partition coefficient (Wildman–Crippen LogP) is 1.53. The van der Waals surface area contributed by atoms with Gasteiger partial charge in [0.2, 0.25) is 5.91 Å². The number of phenolic OH excluding ortho intramolecular Hbond substituents is 1. The van der Waals surface area contributed by atoms with E-state index >= 15 is 0 Å². The molecule has 1 aromatic rings. The zero-order valence-electron chi connectivity index (χ0n) is 10.0. The van der Waals surface area contributed by atoms with E-state index in [0.29, 0.717) is 5.56 Å². The van der Waals surface area contributed by atoms with Gasteiger partial charge in [0.05, 0.1) is 0 Å². The van der Waals surface area contributed by atoms with Crippen molar-refractivity contribution in [3.05, 3.63) is 29.8 Å². The Morgan fingerprint density at radius 3 is 2.50 bits per heavy atom. The summed E-state index contributed by atoms with van der Waals surface area (Å²) in [5.41, 5.74) is 0.421. The number of aromatic hydroxyl groups is 1. The van der Waals surface area contributed by atoms with Gasteiger partial charge in [0.1, 0.15) is 5.75 Å². The SMILES string of the molecule is CC(=O)N(C1CC1)C(C(=O)O)c1cccc(O)c1. The lowest BCUT2D eigenvalue weighted by Gasteiger charge is -2.28. The van der Waals surface area contributed by atoms with Crippen LogP contribution in [0.2, 0.25) is 0 Å². The van der Waals surface area contributed by atoms with Crippen molar-refractivity contribution in [2.75, 3.05) is 0 Å². The van der Waals surface area contributed by atoms with Gasteiger partial charge in [0, 0.05) is 13.0 Å². The van der Waals surface area contributed by atoms with Gasteiger partial charge >= 0.3 is 5.97 Å². The Hall–Kier alpha value is -2.04. The summed E-state index contributed by atoms with van der Waals surface area (Å²) in [7, 11) is 0. The summed E-state index contributed by atoms with van der Waals surface area (Å²) in [6.07, 6.45) is 1.67. The molecule has 1 aliphatic carbocycles. The third kappa shape index (κ3) is 2.45. The minimum absolute atomic E-state index is 0.00181. The largest absolute Gasteiger partial charge is 0.508 e. The highest BCUT2D eigenvalue weighted by Gasteiger charge is 2.39. The fourth-order valence-corrected chi connectivity index (χ4v) is 2.12. The summed E-state index contributed by atoms with van der Waals surface area (Å²) < 4.78 is 0. The van der Waals surface area contributed by atoms with Gasteiger partial charge < -0.3 is 15.1 Å². The molecule has 0 spiro atoms. The summed E-state index contributed by atoms with van der Waals surface area (Å²) in [4.78, 5) is 24.4. The van der Waals surface area contributed by atoms with Gasteiger partial charge in [0.25, 0.3) is 0 Å². The molecule has 1 saturated carbocycles. The number of nitrogens with zero attached hydrogens (tertiary/aromatic N) is 1. The second-order valence-corrected chi connectivity index (χ2v) is 4.49. The lowest BCUT2D eigenvalue weighted by atomic mass is 10.0. The maximum absolute atomic E-state index is 11.6. The van der Waals surface area contributed by atoms with Crippen LogP contribution in [0.4, 0.5) is 0 Å². The van der Waals surface area contributed by atoms with Crippen LogP contribution in [-0.2, 0) is 9.59 Å². The quantitative estimate of drug-likeness (QED) is 0.848. The second-order valence-electron chi connectivity index (χ2n) is 4.49. The molecule has 0 bridgehead atoms. The van der Waals surface area contributed by atoms with Crippen molar-refractivity contribution >= 4 is 11.9 Å². The fraction of sp³-hybridized carbons (Fsp3) is 0.385.